The zero-order chi connectivity index (χ0) is 28.8. The molecule has 1 aliphatic carbocycles. The lowest BCUT2D eigenvalue weighted by atomic mass is 9.82. The zero-order valence-corrected chi connectivity index (χ0v) is 26.0. The van der Waals surface area contributed by atoms with Crippen LogP contribution in [0.15, 0.2) is 18.2 Å². The van der Waals surface area contributed by atoms with E-state index in [1.807, 2.05) is 52.8 Å². The summed E-state index contributed by atoms with van der Waals surface area (Å²) in [6.45, 7) is 17.3. The van der Waals surface area contributed by atoms with Gasteiger partial charge in [-0.2, -0.15) is 0 Å². The number of hydrogen-bond acceptors (Lipinski definition) is 4. The fraction of sp³-hybridized carbons (Fsp3) is 0.733. The number of aliphatic carboxylic acids is 1. The van der Waals surface area contributed by atoms with Crippen LogP contribution in [0.2, 0.25) is 0 Å². The number of hydrogen-bond donors (Lipinski definition) is 2. The van der Waals surface area contributed by atoms with Gasteiger partial charge in [0.05, 0.1) is 11.9 Å². The number of carbonyl (C=O) groups excluding carboxylic acids is 1. The van der Waals surface area contributed by atoms with Gasteiger partial charge in [0.25, 0.3) is 0 Å². The number of nitrogens with zero attached hydrogens (tertiary/aromatic N) is 1. The van der Waals surface area contributed by atoms with Gasteiger partial charge in [0.1, 0.15) is 5.75 Å². The van der Waals surface area contributed by atoms with Gasteiger partial charge >= 0.3 is 5.97 Å². The van der Waals surface area contributed by atoms with Gasteiger partial charge in [0.2, 0.25) is 11.5 Å². The third kappa shape index (κ3) is 9.91. The van der Waals surface area contributed by atoms with E-state index in [4.69, 9.17) is 27.9 Å². The molecule has 0 bridgehead atoms. The summed E-state index contributed by atoms with van der Waals surface area (Å²) < 4.78 is 6.11. The molecule has 0 aliphatic heterocycles. The molecule has 216 valence electrons. The van der Waals surface area contributed by atoms with Crippen molar-refractivity contribution in [3.63, 3.8) is 0 Å². The molecule has 2 rings (SSSR count). The number of benzene rings is 1. The van der Waals surface area contributed by atoms with Crippen molar-refractivity contribution >= 4 is 35.1 Å². The van der Waals surface area contributed by atoms with Crippen LogP contribution < -0.4 is 10.1 Å². The molecule has 5 unspecified atom stereocenters. The van der Waals surface area contributed by atoms with Crippen molar-refractivity contribution in [1.29, 1.82) is 0 Å². The molecule has 0 aromatic heterocycles. The first-order valence-electron chi connectivity index (χ1n) is 13.8. The van der Waals surface area contributed by atoms with Crippen molar-refractivity contribution in [2.24, 2.45) is 17.3 Å². The van der Waals surface area contributed by atoms with Gasteiger partial charge in [-0.05, 0) is 74.5 Å². The number of carboxylic acid groups (broad SMARTS) is 1. The van der Waals surface area contributed by atoms with E-state index < -0.39 is 11.6 Å². The van der Waals surface area contributed by atoms with E-state index in [-0.39, 0.29) is 22.1 Å². The molecule has 6 nitrogen and oxygen atoms in total. The zero-order valence-electron chi connectivity index (χ0n) is 24.4. The Hall–Kier alpha value is -1.50. The number of alkyl halides is 2. The second kappa shape index (κ2) is 13.7. The van der Waals surface area contributed by atoms with Gasteiger partial charge in [0.15, 0.2) is 0 Å². The monoisotopic (exact) mass is 570 g/mol. The number of carboxylic acids is 1. The lowest BCUT2D eigenvalue weighted by Crippen LogP contribution is -2.46. The van der Waals surface area contributed by atoms with Crippen molar-refractivity contribution in [3.8, 4) is 5.75 Å². The first kappa shape index (κ1) is 32.7. The Labute approximate surface area is 239 Å². The van der Waals surface area contributed by atoms with Crippen molar-refractivity contribution in [1.82, 2.24) is 10.2 Å². The number of ether oxygens (including phenoxy) is 1. The molecular formula is C30H48Cl2N2O4. The maximum absolute atomic E-state index is 12.9. The van der Waals surface area contributed by atoms with Crippen LogP contribution in [0, 0.1) is 24.2 Å². The van der Waals surface area contributed by atoms with E-state index in [1.54, 1.807) is 6.92 Å². The van der Waals surface area contributed by atoms with Crippen LogP contribution >= 0.6 is 23.2 Å². The molecule has 2 N–H and O–H groups in total. The minimum atomic E-state index is -1.33. The van der Waals surface area contributed by atoms with Gasteiger partial charge in [-0.1, -0.05) is 46.8 Å². The molecule has 1 aromatic carbocycles. The standard InChI is InChI=1S/C30H48Cl2N2O4/c1-19-9-10-20(2)27(19)34(17-26(35)33-15-24(32)14-22(4)31)16-23-11-12-25(21(3)13-23)38-30(8,28(36)37)18-29(5,6)7/h11-13,19-20,22,24,27H,9-10,14-18H2,1-8H3,(H,33,35)(H,36,37). The average Bonchev–Trinajstić information content (AvgIpc) is 3.10. The number of halogens is 2. The molecular weight excluding hydrogens is 523 g/mol. The Morgan fingerprint density at radius 2 is 1.76 bits per heavy atom. The maximum Gasteiger partial charge on any atom is 0.347 e. The Balaban J connectivity index is 2.19. The fourth-order valence-corrected chi connectivity index (χ4v) is 6.53. The van der Waals surface area contributed by atoms with Crippen molar-refractivity contribution in [2.45, 2.75) is 110 Å². The van der Waals surface area contributed by atoms with Gasteiger partial charge < -0.3 is 15.2 Å². The molecule has 0 radical (unpaired) electrons. The Bertz CT molecular complexity index is 939. The molecule has 1 aliphatic rings. The normalized spacial score (nSPS) is 23.1. The van der Waals surface area contributed by atoms with E-state index in [1.165, 1.54) is 0 Å². The van der Waals surface area contributed by atoms with Gasteiger partial charge in [-0.3, -0.25) is 9.69 Å². The Morgan fingerprint density at radius 3 is 2.26 bits per heavy atom. The third-order valence-electron chi connectivity index (χ3n) is 7.39. The van der Waals surface area contributed by atoms with Gasteiger partial charge in [0, 0.05) is 30.9 Å². The molecule has 1 fully saturated rings. The highest BCUT2D eigenvalue weighted by molar-refractivity contribution is 6.23. The molecule has 8 heteroatoms. The summed E-state index contributed by atoms with van der Waals surface area (Å²) in [5.41, 5.74) is 0.404. The second-order valence-corrected chi connectivity index (χ2v) is 14.2. The molecule has 1 amide bonds. The van der Waals surface area contributed by atoms with Crippen LogP contribution in [0.5, 0.6) is 5.75 Å². The van der Waals surface area contributed by atoms with Crippen LogP contribution in [-0.4, -0.2) is 57.4 Å². The molecule has 0 spiro atoms. The minimum absolute atomic E-state index is 0.0388. The van der Waals surface area contributed by atoms with E-state index in [9.17, 15) is 14.7 Å². The molecule has 1 aromatic rings. The molecule has 0 heterocycles. The number of nitrogens with one attached hydrogen (secondary N) is 1. The van der Waals surface area contributed by atoms with Crippen LogP contribution in [0.1, 0.15) is 85.3 Å². The van der Waals surface area contributed by atoms with E-state index in [0.29, 0.717) is 56.1 Å². The summed E-state index contributed by atoms with van der Waals surface area (Å²) in [6, 6.07) is 6.18. The highest BCUT2D eigenvalue weighted by atomic mass is 35.5. The lowest BCUT2D eigenvalue weighted by Gasteiger charge is -2.35. The highest BCUT2D eigenvalue weighted by Crippen LogP contribution is 2.36. The van der Waals surface area contributed by atoms with Gasteiger partial charge in [-0.15, -0.1) is 23.2 Å². The van der Waals surface area contributed by atoms with Crippen molar-refractivity contribution in [2.75, 3.05) is 13.1 Å². The molecule has 5 atom stereocenters. The molecule has 38 heavy (non-hydrogen) atoms. The third-order valence-corrected chi connectivity index (χ3v) is 7.90. The number of aryl methyl sites for hydroxylation is 1. The summed E-state index contributed by atoms with van der Waals surface area (Å²) in [4.78, 5) is 27.3. The van der Waals surface area contributed by atoms with Crippen molar-refractivity contribution < 1.29 is 19.4 Å². The number of rotatable bonds is 13. The summed E-state index contributed by atoms with van der Waals surface area (Å²) in [7, 11) is 0. The van der Waals surface area contributed by atoms with E-state index >= 15 is 0 Å². The predicted molar refractivity (Wildman–Crippen MR) is 156 cm³/mol. The van der Waals surface area contributed by atoms with Crippen LogP contribution in [0.3, 0.4) is 0 Å². The largest absolute Gasteiger partial charge is 0.478 e. The first-order chi connectivity index (χ1) is 17.5. The maximum atomic E-state index is 12.9. The lowest BCUT2D eigenvalue weighted by molar-refractivity contribution is -0.156. The van der Waals surface area contributed by atoms with Crippen molar-refractivity contribution in [3.05, 3.63) is 29.3 Å². The van der Waals surface area contributed by atoms with Crippen LogP contribution in [0.4, 0.5) is 0 Å². The molecule has 1 saturated carbocycles. The van der Waals surface area contributed by atoms with E-state index in [2.05, 4.69) is 24.1 Å². The van der Waals surface area contributed by atoms with E-state index in [0.717, 1.165) is 24.0 Å². The SMILES string of the molecule is Cc1cc(CN(CC(=O)NCC(Cl)CC(C)Cl)C2C(C)CCC2C)ccc1OC(C)(CC(C)(C)C)C(=O)O. The Kier molecular flexibility index (Phi) is 11.8. The highest BCUT2D eigenvalue weighted by Gasteiger charge is 2.40. The quantitative estimate of drug-likeness (QED) is 0.260. The summed E-state index contributed by atoms with van der Waals surface area (Å²) in [5, 5.41) is 12.7. The smallest absolute Gasteiger partial charge is 0.347 e. The minimum Gasteiger partial charge on any atom is -0.478 e. The molecule has 0 saturated heterocycles. The summed E-state index contributed by atoms with van der Waals surface area (Å²) >= 11 is 12.4. The Morgan fingerprint density at radius 1 is 1.16 bits per heavy atom. The average molecular weight is 572 g/mol. The van der Waals surface area contributed by atoms with Crippen LogP contribution in [0.25, 0.3) is 0 Å². The topological polar surface area (TPSA) is 78.9 Å². The predicted octanol–water partition coefficient (Wildman–Crippen LogP) is 6.63. The summed E-state index contributed by atoms with van der Waals surface area (Å²) in [6.07, 6.45) is 3.31. The van der Waals surface area contributed by atoms with Gasteiger partial charge in [-0.25, -0.2) is 4.79 Å². The first-order valence-corrected chi connectivity index (χ1v) is 14.7. The summed E-state index contributed by atoms with van der Waals surface area (Å²) in [5.74, 6) is 0.537. The second-order valence-electron chi connectivity index (χ2n) is 12.8. The number of amides is 1. The fourth-order valence-electron chi connectivity index (χ4n) is 5.88. The van der Waals surface area contributed by atoms with Crippen LogP contribution in [-0.2, 0) is 16.1 Å². The number of carbonyl (C=O) groups is 2.